The Bertz CT molecular complexity index is 1420. The molecule has 0 aliphatic rings. The molecule has 0 saturated heterocycles. The van der Waals surface area contributed by atoms with Crippen molar-refractivity contribution in [2.45, 2.75) is 6.61 Å². The maximum atomic E-state index is 14.0. The van der Waals surface area contributed by atoms with Crippen LogP contribution in [0.2, 0.25) is 0 Å². The summed E-state index contributed by atoms with van der Waals surface area (Å²) in [5, 5.41) is 9.41. The number of hydrogen-bond donors (Lipinski definition) is 3. The van der Waals surface area contributed by atoms with Crippen molar-refractivity contribution in [2.75, 3.05) is 16.3 Å². The van der Waals surface area contributed by atoms with Crippen molar-refractivity contribution < 1.29 is 22.3 Å². The molecule has 0 unspecified atom stereocenters. The fourth-order valence-corrected chi connectivity index (χ4v) is 3.88. The van der Waals surface area contributed by atoms with Gasteiger partial charge in [0.2, 0.25) is 10.0 Å². The minimum atomic E-state index is -3.61. The summed E-state index contributed by atoms with van der Waals surface area (Å²) in [7, 11) is -3.61. The van der Waals surface area contributed by atoms with Gasteiger partial charge in [-0.05, 0) is 35.9 Å². The molecule has 4 rings (SSSR count). The summed E-state index contributed by atoms with van der Waals surface area (Å²) in [4.78, 5) is 13.0. The second-order valence-electron chi connectivity index (χ2n) is 7.49. The summed E-state index contributed by atoms with van der Waals surface area (Å²) in [6.07, 6.45) is 2.30. The molecule has 4 aromatic rings. The lowest BCUT2D eigenvalue weighted by Crippen LogP contribution is -2.14. The van der Waals surface area contributed by atoms with Crippen LogP contribution < -0.4 is 14.8 Å². The number of carbonyl (C=O) groups excluding carboxylic acids is 1. The molecule has 0 fully saturated rings. The van der Waals surface area contributed by atoms with E-state index in [2.05, 4.69) is 20.2 Å². The lowest BCUT2D eigenvalue weighted by Gasteiger charge is -2.12. The summed E-state index contributed by atoms with van der Waals surface area (Å²) in [5.41, 5.74) is 2.32. The Hall–Kier alpha value is -4.18. The minimum Gasteiger partial charge on any atom is -0.488 e. The number of aromatic nitrogens is 2. The van der Waals surface area contributed by atoms with Gasteiger partial charge in [-0.15, -0.1) is 0 Å². The summed E-state index contributed by atoms with van der Waals surface area (Å²) in [6, 6.07) is 20.3. The van der Waals surface area contributed by atoms with Gasteiger partial charge in [-0.2, -0.15) is 5.10 Å². The van der Waals surface area contributed by atoms with Crippen LogP contribution >= 0.6 is 0 Å². The third-order valence-electron chi connectivity index (χ3n) is 4.74. The minimum absolute atomic E-state index is 0.00938. The molecule has 1 aromatic heterocycles. The predicted molar refractivity (Wildman–Crippen MR) is 128 cm³/mol. The van der Waals surface area contributed by atoms with E-state index in [1.54, 1.807) is 12.1 Å². The molecule has 0 aliphatic carbocycles. The first-order valence-corrected chi connectivity index (χ1v) is 12.1. The largest absolute Gasteiger partial charge is 0.488 e. The van der Waals surface area contributed by atoms with E-state index in [-0.39, 0.29) is 16.9 Å². The van der Waals surface area contributed by atoms with Crippen LogP contribution in [0.5, 0.6) is 5.75 Å². The van der Waals surface area contributed by atoms with Gasteiger partial charge in [0.25, 0.3) is 5.91 Å². The third kappa shape index (κ3) is 5.78. The highest BCUT2D eigenvalue weighted by Crippen LogP contribution is 2.32. The average Bonchev–Trinajstić information content (AvgIpc) is 3.27. The van der Waals surface area contributed by atoms with Crippen LogP contribution in [-0.2, 0) is 16.6 Å². The van der Waals surface area contributed by atoms with Gasteiger partial charge in [0, 0.05) is 11.3 Å². The maximum absolute atomic E-state index is 14.0. The number of H-pyrrole nitrogens is 1. The molecular formula is C24H21FN4O4S. The molecule has 0 spiro atoms. The molecular weight excluding hydrogens is 459 g/mol. The van der Waals surface area contributed by atoms with Gasteiger partial charge in [0.1, 0.15) is 18.2 Å². The highest BCUT2D eigenvalue weighted by Gasteiger charge is 2.19. The number of rotatable bonds is 8. The Morgan fingerprint density at radius 1 is 1.03 bits per heavy atom. The summed E-state index contributed by atoms with van der Waals surface area (Å²) >= 11 is 0. The molecule has 0 radical (unpaired) electrons. The fourth-order valence-electron chi connectivity index (χ4n) is 3.33. The number of para-hydroxylation sites is 1. The number of ether oxygens (including phenoxy) is 1. The van der Waals surface area contributed by atoms with Gasteiger partial charge < -0.3 is 10.1 Å². The lowest BCUT2D eigenvalue weighted by molar-refractivity contribution is 0.102. The monoisotopic (exact) mass is 480 g/mol. The molecule has 0 saturated carbocycles. The molecule has 174 valence electrons. The SMILES string of the molecule is CS(=O)(=O)Nc1cc(F)cc(NC(=O)c2cn[nH]c2-c2ccccc2OCc2ccccc2)c1. The van der Waals surface area contributed by atoms with Crippen LogP contribution in [-0.4, -0.2) is 30.8 Å². The number of sulfonamides is 1. The van der Waals surface area contributed by atoms with E-state index in [1.807, 2.05) is 42.5 Å². The zero-order valence-corrected chi connectivity index (χ0v) is 18.9. The van der Waals surface area contributed by atoms with Gasteiger partial charge in [0.05, 0.1) is 29.4 Å². The van der Waals surface area contributed by atoms with Crippen molar-refractivity contribution in [3.63, 3.8) is 0 Å². The molecule has 3 aromatic carbocycles. The number of nitrogens with zero attached hydrogens (tertiary/aromatic N) is 1. The van der Waals surface area contributed by atoms with E-state index in [0.717, 1.165) is 24.0 Å². The molecule has 8 nitrogen and oxygen atoms in total. The molecule has 34 heavy (non-hydrogen) atoms. The highest BCUT2D eigenvalue weighted by atomic mass is 32.2. The molecule has 0 bridgehead atoms. The maximum Gasteiger partial charge on any atom is 0.259 e. The van der Waals surface area contributed by atoms with Gasteiger partial charge in [0.15, 0.2) is 0 Å². The van der Waals surface area contributed by atoms with Crippen molar-refractivity contribution >= 4 is 27.3 Å². The van der Waals surface area contributed by atoms with E-state index >= 15 is 0 Å². The molecule has 3 N–H and O–H groups in total. The Morgan fingerprint density at radius 3 is 2.50 bits per heavy atom. The first-order valence-electron chi connectivity index (χ1n) is 10.2. The van der Waals surface area contributed by atoms with Gasteiger partial charge in [-0.25, -0.2) is 12.8 Å². The van der Waals surface area contributed by atoms with Crippen molar-refractivity contribution in [1.29, 1.82) is 0 Å². The Labute approximate surface area is 195 Å². The number of benzene rings is 3. The Kier molecular flexibility index (Phi) is 6.60. The number of carbonyl (C=O) groups is 1. The normalized spacial score (nSPS) is 11.1. The standard InChI is InChI=1S/C24H21FN4O4S/c1-34(31,32)29-19-12-17(25)11-18(13-19)27-24(30)21-14-26-28-23(21)20-9-5-6-10-22(20)33-15-16-7-3-2-4-8-16/h2-14,29H,15H2,1H3,(H,26,28)(H,27,30). The topological polar surface area (TPSA) is 113 Å². The van der Waals surface area contributed by atoms with Crippen LogP contribution in [0, 0.1) is 5.82 Å². The predicted octanol–water partition coefficient (Wildman–Crippen LogP) is 4.42. The van der Waals surface area contributed by atoms with Crippen LogP contribution in [0.25, 0.3) is 11.3 Å². The first kappa shape index (κ1) is 23.0. The number of amides is 1. The zero-order chi connectivity index (χ0) is 24.1. The average molecular weight is 481 g/mol. The van der Waals surface area contributed by atoms with Crippen LogP contribution in [0.15, 0.2) is 79.0 Å². The Morgan fingerprint density at radius 2 is 1.74 bits per heavy atom. The van der Waals surface area contributed by atoms with Gasteiger partial charge in [-0.1, -0.05) is 42.5 Å². The fraction of sp³-hybridized carbons (Fsp3) is 0.0833. The van der Waals surface area contributed by atoms with Crippen LogP contribution in [0.4, 0.5) is 15.8 Å². The smallest absolute Gasteiger partial charge is 0.259 e. The van der Waals surface area contributed by atoms with Crippen molar-refractivity contribution in [3.8, 4) is 17.0 Å². The molecule has 0 atom stereocenters. The molecule has 1 heterocycles. The lowest BCUT2D eigenvalue weighted by atomic mass is 10.1. The summed E-state index contributed by atoms with van der Waals surface area (Å²) in [6.45, 7) is 0.340. The second-order valence-corrected chi connectivity index (χ2v) is 9.23. The van der Waals surface area contributed by atoms with E-state index in [9.17, 15) is 17.6 Å². The van der Waals surface area contributed by atoms with E-state index in [0.29, 0.717) is 23.6 Å². The quantitative estimate of drug-likeness (QED) is 0.346. The highest BCUT2D eigenvalue weighted by molar-refractivity contribution is 7.92. The molecule has 10 heteroatoms. The van der Waals surface area contributed by atoms with E-state index < -0.39 is 21.7 Å². The van der Waals surface area contributed by atoms with Crippen molar-refractivity contribution in [2.24, 2.45) is 0 Å². The number of anilines is 2. The molecule has 0 aliphatic heterocycles. The Balaban J connectivity index is 1.57. The van der Waals surface area contributed by atoms with Crippen LogP contribution in [0.1, 0.15) is 15.9 Å². The second kappa shape index (κ2) is 9.75. The molecule has 1 amide bonds. The van der Waals surface area contributed by atoms with Crippen molar-refractivity contribution in [3.05, 3.63) is 95.9 Å². The summed E-state index contributed by atoms with van der Waals surface area (Å²) < 4.78 is 45.1. The summed E-state index contributed by atoms with van der Waals surface area (Å²) in [5.74, 6) is -0.719. The van der Waals surface area contributed by atoms with Crippen LogP contribution in [0.3, 0.4) is 0 Å². The van der Waals surface area contributed by atoms with E-state index in [4.69, 9.17) is 4.74 Å². The zero-order valence-electron chi connectivity index (χ0n) is 18.1. The number of hydrogen-bond acceptors (Lipinski definition) is 5. The van der Waals surface area contributed by atoms with E-state index in [1.165, 1.54) is 12.3 Å². The number of aromatic amines is 1. The first-order chi connectivity index (χ1) is 16.3. The van der Waals surface area contributed by atoms with Gasteiger partial charge >= 0.3 is 0 Å². The van der Waals surface area contributed by atoms with Crippen molar-refractivity contribution in [1.82, 2.24) is 10.2 Å². The third-order valence-corrected chi connectivity index (χ3v) is 5.34. The van der Waals surface area contributed by atoms with Gasteiger partial charge in [-0.3, -0.25) is 14.6 Å². The number of nitrogens with one attached hydrogen (secondary N) is 3. The number of halogens is 1.